The first-order valence-electron chi connectivity index (χ1n) is 8.59. The van der Waals surface area contributed by atoms with Gasteiger partial charge in [0.2, 0.25) is 5.91 Å². The highest BCUT2D eigenvalue weighted by molar-refractivity contribution is 5.97. The Hall–Kier alpha value is -3.17. The first-order chi connectivity index (χ1) is 12.8. The van der Waals surface area contributed by atoms with E-state index in [0.717, 1.165) is 6.07 Å². The summed E-state index contributed by atoms with van der Waals surface area (Å²) in [6.45, 7) is 4.97. The lowest BCUT2D eigenvalue weighted by Crippen LogP contribution is -2.55. The first kappa shape index (κ1) is 20.1. The Morgan fingerprint density at radius 2 is 1.85 bits per heavy atom. The number of carbonyl (C=O) groups is 3. The zero-order chi connectivity index (χ0) is 20.0. The highest BCUT2D eigenvalue weighted by Gasteiger charge is 2.28. The molecule has 0 aliphatic carbocycles. The van der Waals surface area contributed by atoms with Crippen LogP contribution >= 0.6 is 0 Å². The summed E-state index contributed by atoms with van der Waals surface area (Å²) in [5, 5.41) is 13.4. The molecule has 0 saturated carbocycles. The van der Waals surface area contributed by atoms with Crippen LogP contribution in [0.3, 0.4) is 0 Å². The molecule has 0 bridgehead atoms. The molecule has 146 valence electrons. The number of hydrogen-bond donors (Lipinski definition) is 1. The van der Waals surface area contributed by atoms with Gasteiger partial charge in [-0.3, -0.25) is 19.7 Å². The van der Waals surface area contributed by atoms with Gasteiger partial charge in [-0.1, -0.05) is 6.07 Å². The standard InChI is InChI=1S/C17H22N4O6/c1-3-27-17(24)20-9-7-19(8-10-20)16(23)12(2)18-15(22)13-5-4-6-14(11-13)21(25)26/h4-6,11-12H,3,7-10H2,1-2H3,(H,18,22)/t12-/m0/s1. The third kappa shape index (κ3) is 5.16. The molecule has 0 aromatic heterocycles. The number of nitro groups is 1. The van der Waals surface area contributed by atoms with Crippen molar-refractivity contribution in [2.24, 2.45) is 0 Å². The predicted molar refractivity (Wildman–Crippen MR) is 95.2 cm³/mol. The maximum Gasteiger partial charge on any atom is 0.409 e. The Balaban J connectivity index is 1.90. The smallest absolute Gasteiger partial charge is 0.409 e. The molecule has 3 amide bonds. The number of nitrogens with zero attached hydrogens (tertiary/aromatic N) is 3. The number of nitro benzene ring substituents is 1. The molecule has 0 unspecified atom stereocenters. The van der Waals surface area contributed by atoms with Crippen molar-refractivity contribution in [3.8, 4) is 0 Å². The third-order valence-electron chi connectivity index (χ3n) is 4.15. The van der Waals surface area contributed by atoms with E-state index in [4.69, 9.17) is 4.74 Å². The van der Waals surface area contributed by atoms with Crippen molar-refractivity contribution in [1.82, 2.24) is 15.1 Å². The summed E-state index contributed by atoms with van der Waals surface area (Å²) < 4.78 is 4.93. The van der Waals surface area contributed by atoms with E-state index >= 15 is 0 Å². The normalized spacial score (nSPS) is 15.0. The van der Waals surface area contributed by atoms with Gasteiger partial charge in [0.15, 0.2) is 0 Å². The molecule has 27 heavy (non-hydrogen) atoms. The fourth-order valence-electron chi connectivity index (χ4n) is 2.70. The summed E-state index contributed by atoms with van der Waals surface area (Å²) in [7, 11) is 0. The van der Waals surface area contributed by atoms with Gasteiger partial charge in [-0.15, -0.1) is 0 Å². The number of carbonyl (C=O) groups excluding carboxylic acids is 3. The molecule has 10 nitrogen and oxygen atoms in total. The number of amides is 3. The molecule has 0 spiro atoms. The molecule has 10 heteroatoms. The Morgan fingerprint density at radius 3 is 2.44 bits per heavy atom. The highest BCUT2D eigenvalue weighted by Crippen LogP contribution is 2.13. The van der Waals surface area contributed by atoms with Gasteiger partial charge < -0.3 is 19.9 Å². The molecule has 1 fully saturated rings. The number of benzene rings is 1. The Labute approximate surface area is 156 Å². The van der Waals surface area contributed by atoms with Gasteiger partial charge in [0.1, 0.15) is 6.04 Å². The number of nitrogens with one attached hydrogen (secondary N) is 1. The number of non-ortho nitro benzene ring substituents is 1. The number of hydrogen-bond acceptors (Lipinski definition) is 6. The minimum Gasteiger partial charge on any atom is -0.450 e. The van der Waals surface area contributed by atoms with Crippen LogP contribution in [0.15, 0.2) is 24.3 Å². The van der Waals surface area contributed by atoms with Crippen LogP contribution in [0.2, 0.25) is 0 Å². The molecule has 1 aromatic carbocycles. The lowest BCUT2D eigenvalue weighted by Gasteiger charge is -2.35. The second-order valence-corrected chi connectivity index (χ2v) is 6.01. The number of ether oxygens (including phenoxy) is 1. The summed E-state index contributed by atoms with van der Waals surface area (Å²) >= 11 is 0. The average Bonchev–Trinajstić information content (AvgIpc) is 2.67. The summed E-state index contributed by atoms with van der Waals surface area (Å²) in [6.07, 6.45) is -0.406. The van der Waals surface area contributed by atoms with Crippen molar-refractivity contribution in [3.63, 3.8) is 0 Å². The van der Waals surface area contributed by atoms with E-state index < -0.39 is 23.0 Å². The lowest BCUT2D eigenvalue weighted by atomic mass is 10.1. The van der Waals surface area contributed by atoms with Gasteiger partial charge in [0, 0.05) is 43.9 Å². The molecule has 2 rings (SSSR count). The number of rotatable bonds is 5. The second kappa shape index (κ2) is 8.97. The minimum atomic E-state index is -0.800. The van der Waals surface area contributed by atoms with Crippen LogP contribution < -0.4 is 5.32 Å². The van der Waals surface area contributed by atoms with Crippen molar-refractivity contribution in [2.45, 2.75) is 19.9 Å². The van der Waals surface area contributed by atoms with Crippen molar-refractivity contribution in [3.05, 3.63) is 39.9 Å². The van der Waals surface area contributed by atoms with Crippen molar-refractivity contribution in [1.29, 1.82) is 0 Å². The van der Waals surface area contributed by atoms with E-state index in [2.05, 4.69) is 5.32 Å². The molecule has 1 N–H and O–H groups in total. The van der Waals surface area contributed by atoms with Crippen LogP contribution in [0.4, 0.5) is 10.5 Å². The lowest BCUT2D eigenvalue weighted by molar-refractivity contribution is -0.384. The zero-order valence-corrected chi connectivity index (χ0v) is 15.2. The molecule has 1 saturated heterocycles. The van der Waals surface area contributed by atoms with Gasteiger partial charge in [-0.25, -0.2) is 4.79 Å². The summed E-state index contributed by atoms with van der Waals surface area (Å²) in [5.74, 6) is -0.845. The highest BCUT2D eigenvalue weighted by atomic mass is 16.6. The van der Waals surface area contributed by atoms with Crippen LogP contribution in [0.5, 0.6) is 0 Å². The SMILES string of the molecule is CCOC(=O)N1CCN(C(=O)[C@H](C)NC(=O)c2cccc([N+](=O)[O-])c2)CC1. The van der Waals surface area contributed by atoms with Crippen molar-refractivity contribution in [2.75, 3.05) is 32.8 Å². The summed E-state index contributed by atoms with van der Waals surface area (Å²) in [5.41, 5.74) is -0.0901. The third-order valence-corrected chi connectivity index (χ3v) is 4.15. The Bertz CT molecular complexity index is 730. The maximum atomic E-state index is 12.5. The van der Waals surface area contributed by atoms with Crippen molar-refractivity contribution >= 4 is 23.6 Å². The molecule has 1 aromatic rings. The molecule has 0 radical (unpaired) electrons. The van der Waals surface area contributed by atoms with Gasteiger partial charge in [0.05, 0.1) is 11.5 Å². The van der Waals surface area contributed by atoms with Crippen molar-refractivity contribution < 1.29 is 24.0 Å². The van der Waals surface area contributed by atoms with Crippen LogP contribution in [0.25, 0.3) is 0 Å². The molecule has 1 atom stereocenters. The number of piperazine rings is 1. The van der Waals surface area contributed by atoms with E-state index in [0.29, 0.717) is 32.8 Å². The molecule has 1 aliphatic heterocycles. The van der Waals surface area contributed by atoms with Crippen LogP contribution in [-0.4, -0.2) is 71.5 Å². The summed E-state index contributed by atoms with van der Waals surface area (Å²) in [6, 6.07) is 4.50. The Kier molecular flexibility index (Phi) is 6.69. The predicted octanol–water partition coefficient (Wildman–Crippen LogP) is 1.01. The quantitative estimate of drug-likeness (QED) is 0.603. The molecular formula is C17H22N4O6. The first-order valence-corrected chi connectivity index (χ1v) is 8.59. The van der Waals surface area contributed by atoms with Gasteiger partial charge in [0.25, 0.3) is 11.6 Å². The molecule has 1 aliphatic rings. The van der Waals surface area contributed by atoms with E-state index in [1.54, 1.807) is 18.7 Å². The topological polar surface area (TPSA) is 122 Å². The Morgan fingerprint density at radius 1 is 1.22 bits per heavy atom. The fourth-order valence-corrected chi connectivity index (χ4v) is 2.70. The minimum absolute atomic E-state index is 0.107. The molecule has 1 heterocycles. The summed E-state index contributed by atoms with van der Waals surface area (Å²) in [4.78, 5) is 49.8. The van der Waals surface area contributed by atoms with E-state index in [9.17, 15) is 24.5 Å². The van der Waals surface area contributed by atoms with E-state index in [1.165, 1.54) is 23.1 Å². The maximum absolute atomic E-state index is 12.5. The van der Waals surface area contributed by atoms with Crippen LogP contribution in [0, 0.1) is 10.1 Å². The average molecular weight is 378 g/mol. The molecular weight excluding hydrogens is 356 g/mol. The second-order valence-electron chi connectivity index (χ2n) is 6.01. The van der Waals surface area contributed by atoms with Gasteiger partial charge >= 0.3 is 6.09 Å². The van der Waals surface area contributed by atoms with Gasteiger partial charge in [-0.05, 0) is 19.9 Å². The zero-order valence-electron chi connectivity index (χ0n) is 15.2. The van der Waals surface area contributed by atoms with E-state index in [-0.39, 0.29) is 17.2 Å². The van der Waals surface area contributed by atoms with Gasteiger partial charge in [-0.2, -0.15) is 0 Å². The van der Waals surface area contributed by atoms with Crippen LogP contribution in [-0.2, 0) is 9.53 Å². The van der Waals surface area contributed by atoms with Crippen LogP contribution in [0.1, 0.15) is 24.2 Å². The largest absolute Gasteiger partial charge is 0.450 e. The monoisotopic (exact) mass is 378 g/mol. The van der Waals surface area contributed by atoms with E-state index in [1.807, 2.05) is 0 Å². The fraction of sp³-hybridized carbons (Fsp3) is 0.471.